The fourth-order valence-corrected chi connectivity index (χ4v) is 5.28. The third kappa shape index (κ3) is 8.56. The second-order valence-electron chi connectivity index (χ2n) is 11.6. The summed E-state index contributed by atoms with van der Waals surface area (Å²) >= 11 is 6.30. The van der Waals surface area contributed by atoms with Gasteiger partial charge >= 0.3 is 6.09 Å². The molecule has 1 atom stereocenters. The topological polar surface area (TPSA) is 65.6 Å². The quantitative estimate of drug-likeness (QED) is 0.480. The van der Waals surface area contributed by atoms with Crippen molar-refractivity contribution < 1.29 is 23.5 Å². The van der Waals surface area contributed by atoms with E-state index in [1.54, 1.807) is 23.1 Å². The van der Waals surface area contributed by atoms with Crippen LogP contribution in [0, 0.1) is 5.82 Å². The fourth-order valence-electron chi connectivity index (χ4n) is 5.09. The second kappa shape index (κ2) is 13.2. The van der Waals surface area contributed by atoms with Crippen LogP contribution in [0.25, 0.3) is 0 Å². The van der Waals surface area contributed by atoms with E-state index in [9.17, 15) is 14.0 Å². The van der Waals surface area contributed by atoms with Crippen LogP contribution in [-0.2, 0) is 22.6 Å². The Morgan fingerprint density at radius 1 is 0.950 bits per heavy atom. The van der Waals surface area contributed by atoms with Crippen molar-refractivity contribution >= 4 is 23.6 Å². The standard InChI is InChI=1S/C30H40ClFN4O4/c1-22-18-34(19-23-5-8-26(32)9-6-23)13-16-36(22)28(37)21-39-27-10-7-25(31)17-24(27)20-33-11-14-35(15-12-33)29(38)40-30(2,3)4/h5-10,17,22H,11-16,18-21H2,1-4H3. The molecule has 0 spiro atoms. The maximum Gasteiger partial charge on any atom is 0.410 e. The highest BCUT2D eigenvalue weighted by Crippen LogP contribution is 2.26. The van der Waals surface area contributed by atoms with Crippen molar-refractivity contribution in [3.05, 3.63) is 64.4 Å². The van der Waals surface area contributed by atoms with E-state index in [0.29, 0.717) is 50.0 Å². The second-order valence-corrected chi connectivity index (χ2v) is 12.0. The van der Waals surface area contributed by atoms with E-state index in [0.717, 1.165) is 30.8 Å². The normalized spacial score (nSPS) is 19.0. The van der Waals surface area contributed by atoms with E-state index < -0.39 is 5.60 Å². The maximum atomic E-state index is 13.2. The molecule has 0 bridgehead atoms. The first kappa shape index (κ1) is 30.1. The zero-order valence-electron chi connectivity index (χ0n) is 23.9. The Hall–Kier alpha value is -2.88. The number of amides is 2. The van der Waals surface area contributed by atoms with E-state index in [1.165, 1.54) is 12.1 Å². The van der Waals surface area contributed by atoms with Gasteiger partial charge in [-0.2, -0.15) is 0 Å². The van der Waals surface area contributed by atoms with E-state index in [2.05, 4.69) is 9.80 Å². The Morgan fingerprint density at radius 3 is 2.27 bits per heavy atom. The van der Waals surface area contributed by atoms with E-state index in [-0.39, 0.29) is 30.5 Å². The van der Waals surface area contributed by atoms with Gasteiger partial charge in [0.15, 0.2) is 6.61 Å². The van der Waals surface area contributed by atoms with E-state index >= 15 is 0 Å². The minimum absolute atomic E-state index is 0.0382. The summed E-state index contributed by atoms with van der Waals surface area (Å²) < 4.78 is 24.7. The number of hydrogen-bond donors (Lipinski definition) is 0. The Morgan fingerprint density at radius 2 is 1.62 bits per heavy atom. The van der Waals surface area contributed by atoms with Crippen LogP contribution in [0.3, 0.4) is 0 Å². The van der Waals surface area contributed by atoms with Crippen molar-refractivity contribution in [3.63, 3.8) is 0 Å². The van der Waals surface area contributed by atoms with Gasteiger partial charge in [0.05, 0.1) is 0 Å². The number of ether oxygens (including phenoxy) is 2. The molecule has 2 amide bonds. The molecule has 8 nitrogen and oxygen atoms in total. The van der Waals surface area contributed by atoms with Gasteiger partial charge in [0, 0.05) is 75.5 Å². The maximum absolute atomic E-state index is 13.2. The van der Waals surface area contributed by atoms with Crippen LogP contribution in [0.5, 0.6) is 5.75 Å². The number of rotatable bonds is 7. The number of hydrogen-bond acceptors (Lipinski definition) is 6. The summed E-state index contributed by atoms with van der Waals surface area (Å²) in [6, 6.07) is 12.0. The van der Waals surface area contributed by atoms with Gasteiger partial charge in [0.1, 0.15) is 17.2 Å². The molecule has 0 saturated carbocycles. The molecule has 0 N–H and O–H groups in total. The molecule has 40 heavy (non-hydrogen) atoms. The number of piperazine rings is 2. The molecule has 0 radical (unpaired) electrons. The smallest absolute Gasteiger partial charge is 0.410 e. The van der Waals surface area contributed by atoms with Gasteiger partial charge in [-0.1, -0.05) is 23.7 Å². The van der Waals surface area contributed by atoms with E-state index in [4.69, 9.17) is 21.1 Å². The van der Waals surface area contributed by atoms with Crippen LogP contribution in [0.2, 0.25) is 5.02 Å². The first-order valence-electron chi connectivity index (χ1n) is 13.8. The van der Waals surface area contributed by atoms with Crippen molar-refractivity contribution in [2.24, 2.45) is 0 Å². The van der Waals surface area contributed by atoms with Crippen LogP contribution in [0.4, 0.5) is 9.18 Å². The first-order chi connectivity index (χ1) is 19.0. The lowest BCUT2D eigenvalue weighted by molar-refractivity contribution is -0.138. The van der Waals surface area contributed by atoms with Crippen molar-refractivity contribution in [3.8, 4) is 5.75 Å². The summed E-state index contributed by atoms with van der Waals surface area (Å²) in [6.45, 7) is 13.6. The number of nitrogens with zero attached hydrogens (tertiary/aromatic N) is 4. The van der Waals surface area contributed by atoms with Crippen molar-refractivity contribution in [2.75, 3.05) is 52.4 Å². The number of carbonyl (C=O) groups excluding carboxylic acids is 2. The highest BCUT2D eigenvalue weighted by molar-refractivity contribution is 6.30. The largest absolute Gasteiger partial charge is 0.483 e. The third-order valence-corrected chi connectivity index (χ3v) is 7.38. The summed E-state index contributed by atoms with van der Waals surface area (Å²) in [5.41, 5.74) is 1.44. The molecule has 2 aromatic carbocycles. The highest BCUT2D eigenvalue weighted by atomic mass is 35.5. The molecule has 10 heteroatoms. The van der Waals surface area contributed by atoms with Crippen molar-refractivity contribution in [2.45, 2.75) is 52.4 Å². The molecular formula is C30H40ClFN4O4. The van der Waals surface area contributed by atoms with Crippen LogP contribution in [-0.4, -0.2) is 95.7 Å². The minimum Gasteiger partial charge on any atom is -0.483 e. The van der Waals surface area contributed by atoms with Crippen LogP contribution < -0.4 is 4.74 Å². The van der Waals surface area contributed by atoms with Gasteiger partial charge in [0.2, 0.25) is 0 Å². The third-order valence-electron chi connectivity index (χ3n) is 7.14. The summed E-state index contributed by atoms with van der Waals surface area (Å²) in [6.07, 6.45) is -0.289. The molecule has 0 aliphatic carbocycles. The molecule has 2 aliphatic heterocycles. The highest BCUT2D eigenvalue weighted by Gasteiger charge is 2.29. The monoisotopic (exact) mass is 574 g/mol. The predicted octanol–water partition coefficient (Wildman–Crippen LogP) is 4.64. The lowest BCUT2D eigenvalue weighted by Crippen LogP contribution is -2.54. The molecule has 2 heterocycles. The lowest BCUT2D eigenvalue weighted by Gasteiger charge is -2.40. The molecular weight excluding hydrogens is 535 g/mol. The zero-order valence-corrected chi connectivity index (χ0v) is 24.6. The molecule has 2 fully saturated rings. The number of halogens is 2. The van der Waals surface area contributed by atoms with Gasteiger partial charge in [-0.15, -0.1) is 0 Å². The first-order valence-corrected chi connectivity index (χ1v) is 14.2. The molecule has 0 aromatic heterocycles. The minimum atomic E-state index is -0.520. The zero-order chi connectivity index (χ0) is 28.9. The molecule has 218 valence electrons. The molecule has 2 saturated heterocycles. The summed E-state index contributed by atoms with van der Waals surface area (Å²) in [7, 11) is 0. The van der Waals surface area contributed by atoms with Gasteiger partial charge < -0.3 is 19.3 Å². The van der Waals surface area contributed by atoms with Crippen molar-refractivity contribution in [1.82, 2.24) is 19.6 Å². The number of benzene rings is 2. The van der Waals surface area contributed by atoms with Crippen molar-refractivity contribution in [1.29, 1.82) is 0 Å². The molecule has 2 aliphatic rings. The lowest BCUT2D eigenvalue weighted by atomic mass is 10.1. The van der Waals surface area contributed by atoms with Crippen LogP contribution >= 0.6 is 11.6 Å². The summed E-state index contributed by atoms with van der Waals surface area (Å²) in [4.78, 5) is 33.6. The predicted molar refractivity (Wildman–Crippen MR) is 153 cm³/mol. The van der Waals surface area contributed by atoms with Gasteiger partial charge in [-0.05, 0) is 63.6 Å². The Kier molecular flexibility index (Phi) is 9.92. The van der Waals surface area contributed by atoms with Gasteiger partial charge in [-0.3, -0.25) is 14.6 Å². The summed E-state index contributed by atoms with van der Waals surface area (Å²) in [5, 5.41) is 0.604. The van der Waals surface area contributed by atoms with Gasteiger partial charge in [-0.25, -0.2) is 9.18 Å². The summed E-state index contributed by atoms with van der Waals surface area (Å²) in [5.74, 6) is 0.341. The molecule has 4 rings (SSSR count). The fraction of sp³-hybridized carbons (Fsp3) is 0.533. The Bertz CT molecular complexity index is 1170. The molecule has 2 aromatic rings. The average molecular weight is 575 g/mol. The average Bonchev–Trinajstić information content (AvgIpc) is 2.89. The SMILES string of the molecule is CC1CN(Cc2ccc(F)cc2)CCN1C(=O)COc1ccc(Cl)cc1CN1CCN(C(=O)OC(C)(C)C)CC1. The van der Waals surface area contributed by atoms with Crippen LogP contribution in [0.1, 0.15) is 38.8 Å². The Labute approximate surface area is 241 Å². The number of carbonyl (C=O) groups is 2. The van der Waals surface area contributed by atoms with Gasteiger partial charge in [0.25, 0.3) is 5.91 Å². The van der Waals surface area contributed by atoms with E-state index in [1.807, 2.05) is 44.7 Å². The molecule has 1 unspecified atom stereocenters. The Balaban J connectivity index is 1.27. The van der Waals surface area contributed by atoms with Crippen LogP contribution in [0.15, 0.2) is 42.5 Å².